The van der Waals surface area contributed by atoms with Crippen molar-refractivity contribution < 1.29 is 118 Å². The van der Waals surface area contributed by atoms with E-state index >= 15 is 0 Å². The first-order chi connectivity index (χ1) is 6.82. The largest absolute Gasteiger partial charge is 1.00 e. The van der Waals surface area contributed by atoms with E-state index in [-0.39, 0.29) is 88.7 Å². The van der Waals surface area contributed by atoms with Crippen LogP contribution in [0.3, 0.4) is 0 Å². The van der Waals surface area contributed by atoms with E-state index in [2.05, 4.69) is 0 Å². The van der Waals surface area contributed by atoms with E-state index in [1.54, 1.807) is 0 Å². The number of carbonyl (C=O) groups is 3. The van der Waals surface area contributed by atoms with Gasteiger partial charge in [0.1, 0.15) is 0 Å². The number of aliphatic carboxylic acids is 3. The van der Waals surface area contributed by atoms with Crippen molar-refractivity contribution in [1.82, 2.24) is 4.90 Å². The van der Waals surface area contributed by atoms with Crippen molar-refractivity contribution in [3.63, 3.8) is 0 Å². The van der Waals surface area contributed by atoms with Gasteiger partial charge in [0, 0.05) is 31.5 Å². The molecule has 0 N–H and O–H groups in total. The summed E-state index contributed by atoms with van der Waals surface area (Å²) >= 11 is 0. The van der Waals surface area contributed by atoms with Crippen LogP contribution in [0.1, 0.15) is 13.3 Å². The van der Waals surface area contributed by atoms with Crippen molar-refractivity contribution in [2.24, 2.45) is 0 Å². The molecule has 0 aromatic rings. The van der Waals surface area contributed by atoms with Gasteiger partial charge in [-0.05, 0) is 6.92 Å². The van der Waals surface area contributed by atoms with Crippen molar-refractivity contribution in [2.75, 3.05) is 13.1 Å². The molecule has 0 amide bonds. The standard InChI is InChI=1S/C8H13NO6.3Na/c1-5(2-6(10)11)9(3-7(12)13)4-8(14)15;;;/h5H,2-4H2,1H3,(H,10,11)(H,12,13)(H,14,15);;;/q;3*+1/p-3. The van der Waals surface area contributed by atoms with Gasteiger partial charge < -0.3 is 29.7 Å². The van der Waals surface area contributed by atoms with Crippen molar-refractivity contribution >= 4 is 17.9 Å². The molecule has 0 aromatic carbocycles. The second-order valence-corrected chi connectivity index (χ2v) is 3.07. The molecule has 0 spiro atoms. The second kappa shape index (κ2) is 14.8. The third-order valence-electron chi connectivity index (χ3n) is 1.75. The number of hydrogen-bond acceptors (Lipinski definition) is 7. The fourth-order valence-corrected chi connectivity index (χ4v) is 1.07. The molecule has 0 rings (SSSR count). The number of rotatable bonds is 7. The third-order valence-corrected chi connectivity index (χ3v) is 1.75. The van der Waals surface area contributed by atoms with Crippen LogP contribution in [-0.2, 0) is 14.4 Å². The predicted octanol–water partition coefficient (Wildman–Crippen LogP) is -13.7. The molecule has 0 aliphatic carbocycles. The molecule has 0 aliphatic rings. The van der Waals surface area contributed by atoms with Gasteiger partial charge in [-0.2, -0.15) is 0 Å². The van der Waals surface area contributed by atoms with Crippen LogP contribution in [0.25, 0.3) is 0 Å². The summed E-state index contributed by atoms with van der Waals surface area (Å²) < 4.78 is 0. The van der Waals surface area contributed by atoms with Crippen molar-refractivity contribution in [3.8, 4) is 0 Å². The van der Waals surface area contributed by atoms with Crippen LogP contribution >= 0.6 is 0 Å². The van der Waals surface area contributed by atoms with Gasteiger partial charge in [-0.15, -0.1) is 0 Å². The first-order valence-electron chi connectivity index (χ1n) is 4.16. The maximum absolute atomic E-state index is 10.3. The van der Waals surface area contributed by atoms with Gasteiger partial charge in [0.05, 0.1) is 11.9 Å². The molecular weight excluding hydrogens is 275 g/mol. The number of hydrogen-bond donors (Lipinski definition) is 0. The van der Waals surface area contributed by atoms with E-state index in [4.69, 9.17) is 0 Å². The van der Waals surface area contributed by atoms with Gasteiger partial charge in [0.2, 0.25) is 0 Å². The number of carbonyl (C=O) groups excluding carboxylic acids is 3. The van der Waals surface area contributed by atoms with Crippen molar-refractivity contribution in [3.05, 3.63) is 0 Å². The molecule has 0 bridgehead atoms. The summed E-state index contributed by atoms with van der Waals surface area (Å²) in [6.45, 7) is 0.0481. The molecule has 7 nitrogen and oxygen atoms in total. The summed E-state index contributed by atoms with van der Waals surface area (Å²) in [5, 5.41) is 30.7. The zero-order chi connectivity index (χ0) is 12.0. The van der Waals surface area contributed by atoms with Crippen LogP contribution < -0.4 is 104 Å². The summed E-state index contributed by atoms with van der Waals surface area (Å²) in [5.41, 5.74) is 0. The van der Waals surface area contributed by atoms with Crippen LogP contribution in [0, 0.1) is 0 Å². The van der Waals surface area contributed by atoms with E-state index in [0.29, 0.717) is 0 Å². The van der Waals surface area contributed by atoms with Crippen LogP contribution in [-0.4, -0.2) is 41.9 Å². The summed E-state index contributed by atoms with van der Waals surface area (Å²) in [5.74, 6) is -4.35. The Morgan fingerprint density at radius 1 is 0.889 bits per heavy atom. The fraction of sp³-hybridized carbons (Fsp3) is 0.625. The average molecular weight is 285 g/mol. The predicted molar refractivity (Wildman–Crippen MR) is 40.7 cm³/mol. The maximum atomic E-state index is 10.3. The van der Waals surface area contributed by atoms with Gasteiger partial charge in [-0.25, -0.2) is 0 Å². The van der Waals surface area contributed by atoms with Gasteiger partial charge in [0.25, 0.3) is 0 Å². The molecule has 0 saturated carbocycles. The summed E-state index contributed by atoms with van der Waals surface area (Å²) in [7, 11) is 0. The fourth-order valence-electron chi connectivity index (χ4n) is 1.07. The molecule has 0 aliphatic heterocycles. The molecule has 0 fully saturated rings. The van der Waals surface area contributed by atoms with E-state index < -0.39 is 43.5 Å². The van der Waals surface area contributed by atoms with Crippen LogP contribution in [0.4, 0.5) is 0 Å². The molecule has 0 aromatic heterocycles. The molecule has 10 heteroatoms. The summed E-state index contributed by atoms with van der Waals surface area (Å²) in [6, 6.07) is -0.772. The maximum Gasteiger partial charge on any atom is 1.00 e. The zero-order valence-electron chi connectivity index (χ0n) is 11.1. The van der Waals surface area contributed by atoms with Gasteiger partial charge >= 0.3 is 88.7 Å². The van der Waals surface area contributed by atoms with E-state index in [1.807, 2.05) is 0 Å². The monoisotopic (exact) mass is 285 g/mol. The normalized spacial score (nSPS) is 10.3. The molecule has 0 heterocycles. The Labute approximate surface area is 171 Å². The molecule has 1 unspecified atom stereocenters. The smallest absolute Gasteiger partial charge is 0.550 e. The average Bonchev–Trinajstić information content (AvgIpc) is 1.99. The Bertz CT molecular complexity index is 260. The van der Waals surface area contributed by atoms with Gasteiger partial charge in [-0.1, -0.05) is 0 Å². The Hall–Kier alpha value is 1.37. The molecule has 86 valence electrons. The minimum Gasteiger partial charge on any atom is -0.550 e. The third kappa shape index (κ3) is 15.4. The van der Waals surface area contributed by atoms with E-state index in [1.165, 1.54) is 6.92 Å². The minimum atomic E-state index is -1.48. The van der Waals surface area contributed by atoms with Crippen molar-refractivity contribution in [2.45, 2.75) is 19.4 Å². The van der Waals surface area contributed by atoms with Crippen molar-refractivity contribution in [1.29, 1.82) is 0 Å². The zero-order valence-corrected chi connectivity index (χ0v) is 17.1. The van der Waals surface area contributed by atoms with Crippen LogP contribution in [0.15, 0.2) is 0 Å². The second-order valence-electron chi connectivity index (χ2n) is 3.07. The molecular formula is C8H10NNa3O6. The topological polar surface area (TPSA) is 124 Å². The number of carboxylic acid groups (broad SMARTS) is 3. The van der Waals surface area contributed by atoms with E-state index in [9.17, 15) is 29.7 Å². The Morgan fingerprint density at radius 3 is 1.44 bits per heavy atom. The van der Waals surface area contributed by atoms with E-state index in [0.717, 1.165) is 4.90 Å². The first kappa shape index (κ1) is 27.7. The van der Waals surface area contributed by atoms with Crippen LogP contribution in [0.5, 0.6) is 0 Å². The quantitative estimate of drug-likeness (QED) is 0.425. The molecule has 1 atom stereocenters. The first-order valence-corrected chi connectivity index (χ1v) is 4.16. The summed E-state index contributed by atoms with van der Waals surface area (Å²) in [4.78, 5) is 31.6. The van der Waals surface area contributed by atoms with Gasteiger partial charge in [-0.3, -0.25) is 4.90 Å². The Morgan fingerprint density at radius 2 is 1.22 bits per heavy atom. The van der Waals surface area contributed by atoms with Crippen LogP contribution in [0.2, 0.25) is 0 Å². The number of carboxylic acids is 3. The minimum absolute atomic E-state index is 0. The number of nitrogens with zero attached hydrogens (tertiary/aromatic N) is 1. The SMILES string of the molecule is CC(CC(=O)[O-])N(CC(=O)[O-])CC(=O)[O-].[Na+].[Na+].[Na+]. The summed E-state index contributed by atoms with van der Waals surface area (Å²) in [6.07, 6.45) is -0.458. The van der Waals surface area contributed by atoms with Gasteiger partial charge in [0.15, 0.2) is 0 Å². The molecule has 18 heavy (non-hydrogen) atoms. The Kier molecular flexibility index (Phi) is 22.7. The Balaban J connectivity index is -0.000000327. The molecule has 0 saturated heterocycles. The molecule has 0 radical (unpaired) electrons.